The largest absolute Gasteiger partial charge is 0.508 e. The van der Waals surface area contributed by atoms with Crippen molar-refractivity contribution in [1.29, 1.82) is 0 Å². The minimum atomic E-state index is 0.170. The van der Waals surface area contributed by atoms with Crippen LogP contribution in [0.2, 0.25) is 10.0 Å². The van der Waals surface area contributed by atoms with Gasteiger partial charge in [0.2, 0.25) is 0 Å². The van der Waals surface area contributed by atoms with Gasteiger partial charge < -0.3 is 10.4 Å². The highest BCUT2D eigenvalue weighted by Gasteiger charge is 2.26. The Morgan fingerprint density at radius 3 is 2.57 bits per heavy atom. The van der Waals surface area contributed by atoms with E-state index in [1.165, 1.54) is 12.8 Å². The van der Waals surface area contributed by atoms with E-state index in [0.29, 0.717) is 10.0 Å². The van der Waals surface area contributed by atoms with E-state index in [9.17, 15) is 5.11 Å². The quantitative estimate of drug-likeness (QED) is 0.766. The van der Waals surface area contributed by atoms with Crippen molar-refractivity contribution in [2.24, 2.45) is 0 Å². The molecule has 1 aliphatic heterocycles. The maximum absolute atomic E-state index is 10.3. The number of aromatic hydroxyl groups is 1. The van der Waals surface area contributed by atoms with Crippen molar-refractivity contribution in [3.8, 4) is 5.75 Å². The monoisotopic (exact) mass is 330 g/mol. The van der Waals surface area contributed by atoms with Crippen LogP contribution in [-0.4, -0.2) is 36.2 Å². The van der Waals surface area contributed by atoms with E-state index in [2.05, 4.69) is 17.1 Å². The van der Waals surface area contributed by atoms with E-state index in [1.807, 2.05) is 0 Å². The minimum Gasteiger partial charge on any atom is -0.508 e. The van der Waals surface area contributed by atoms with Crippen molar-refractivity contribution >= 4 is 23.2 Å². The Hall–Kier alpha value is -0.480. The molecule has 0 amide bonds. The summed E-state index contributed by atoms with van der Waals surface area (Å²) in [5, 5.41) is 14.7. The van der Waals surface area contributed by atoms with Crippen LogP contribution in [-0.2, 0) is 0 Å². The summed E-state index contributed by atoms with van der Waals surface area (Å²) >= 11 is 12.3. The molecule has 0 unspecified atom stereocenters. The normalized spacial score (nSPS) is 17.9. The van der Waals surface area contributed by atoms with Gasteiger partial charge in [-0.05, 0) is 18.6 Å². The molecule has 2 rings (SSSR count). The predicted molar refractivity (Wildman–Crippen MR) is 89.5 cm³/mol. The third-order valence-corrected chi connectivity index (χ3v) is 4.61. The number of phenols is 1. The maximum Gasteiger partial charge on any atom is 0.123 e. The summed E-state index contributed by atoms with van der Waals surface area (Å²) in [5.74, 6) is 0.215. The van der Waals surface area contributed by atoms with Crippen molar-refractivity contribution < 1.29 is 5.11 Å². The molecule has 1 fully saturated rings. The van der Waals surface area contributed by atoms with Crippen LogP contribution in [0.5, 0.6) is 5.75 Å². The fourth-order valence-corrected chi connectivity index (χ4v) is 3.60. The minimum absolute atomic E-state index is 0.170. The first-order valence-electron chi connectivity index (χ1n) is 7.76. The van der Waals surface area contributed by atoms with Crippen molar-refractivity contribution in [2.75, 3.05) is 26.2 Å². The van der Waals surface area contributed by atoms with Gasteiger partial charge in [-0.1, -0.05) is 49.4 Å². The van der Waals surface area contributed by atoms with Gasteiger partial charge in [0.15, 0.2) is 0 Å². The Kier molecular flexibility index (Phi) is 6.62. The Labute approximate surface area is 137 Å². The molecule has 1 aliphatic rings. The predicted octanol–water partition coefficient (Wildman–Crippen LogP) is 4.23. The lowest BCUT2D eigenvalue weighted by atomic mass is 9.97. The third-order valence-electron chi connectivity index (χ3n) is 4.08. The molecular formula is C16H24Cl2N2O. The zero-order chi connectivity index (χ0) is 15.2. The number of halogens is 2. The summed E-state index contributed by atoms with van der Waals surface area (Å²) in [7, 11) is 0. The van der Waals surface area contributed by atoms with Gasteiger partial charge in [-0.3, -0.25) is 4.90 Å². The van der Waals surface area contributed by atoms with Gasteiger partial charge in [-0.15, -0.1) is 0 Å². The standard InChI is InChI=1S/C16H24Cl2N2O/c1-2-3-4-5-14(20-8-6-19-7-9-20)16-13(18)10-12(17)11-15(16)21/h10-11,14,19,21H,2-9H2,1H3/t14-/m1/s1. The lowest BCUT2D eigenvalue weighted by Crippen LogP contribution is -2.45. The summed E-state index contributed by atoms with van der Waals surface area (Å²) in [6, 6.07) is 3.49. The molecule has 0 aliphatic carbocycles. The average Bonchev–Trinajstić information content (AvgIpc) is 2.45. The van der Waals surface area contributed by atoms with Crippen LogP contribution in [0.15, 0.2) is 12.1 Å². The number of nitrogens with zero attached hydrogens (tertiary/aromatic N) is 1. The smallest absolute Gasteiger partial charge is 0.123 e. The fraction of sp³-hybridized carbons (Fsp3) is 0.625. The lowest BCUT2D eigenvalue weighted by molar-refractivity contribution is 0.160. The first kappa shape index (κ1) is 16.9. The van der Waals surface area contributed by atoms with Crippen LogP contribution < -0.4 is 5.32 Å². The Bertz CT molecular complexity index is 439. The van der Waals surface area contributed by atoms with Crippen LogP contribution >= 0.6 is 23.2 Å². The number of phenolic OH excluding ortho intramolecular Hbond substituents is 1. The molecule has 0 bridgehead atoms. The second-order valence-corrected chi connectivity index (χ2v) is 6.46. The second kappa shape index (κ2) is 8.23. The van der Waals surface area contributed by atoms with Gasteiger partial charge in [0.05, 0.1) is 5.02 Å². The van der Waals surface area contributed by atoms with Crippen molar-refractivity contribution in [3.63, 3.8) is 0 Å². The SMILES string of the molecule is CCCCC[C@H](c1c(O)cc(Cl)cc1Cl)N1CCNCC1. The van der Waals surface area contributed by atoms with Gasteiger partial charge in [0, 0.05) is 42.8 Å². The zero-order valence-corrected chi connectivity index (χ0v) is 14.1. The van der Waals surface area contributed by atoms with E-state index in [1.54, 1.807) is 12.1 Å². The molecule has 0 radical (unpaired) electrons. The molecular weight excluding hydrogens is 307 g/mol. The second-order valence-electron chi connectivity index (χ2n) is 5.62. The van der Waals surface area contributed by atoms with E-state index < -0.39 is 0 Å². The highest BCUT2D eigenvalue weighted by molar-refractivity contribution is 6.35. The zero-order valence-electron chi connectivity index (χ0n) is 12.5. The molecule has 0 spiro atoms. The van der Waals surface area contributed by atoms with Crippen molar-refractivity contribution in [2.45, 2.75) is 38.6 Å². The van der Waals surface area contributed by atoms with E-state index in [4.69, 9.17) is 23.2 Å². The summed E-state index contributed by atoms with van der Waals surface area (Å²) in [6.07, 6.45) is 4.55. The molecule has 0 saturated carbocycles. The first-order valence-corrected chi connectivity index (χ1v) is 8.51. The summed E-state index contributed by atoms with van der Waals surface area (Å²) in [4.78, 5) is 2.42. The van der Waals surface area contributed by atoms with Gasteiger partial charge in [-0.2, -0.15) is 0 Å². The molecule has 0 aromatic heterocycles. The van der Waals surface area contributed by atoms with Crippen LogP contribution in [0.4, 0.5) is 0 Å². The van der Waals surface area contributed by atoms with Gasteiger partial charge in [0.25, 0.3) is 0 Å². The number of piperazine rings is 1. The molecule has 1 atom stereocenters. The summed E-state index contributed by atoms with van der Waals surface area (Å²) in [5.41, 5.74) is 0.832. The topological polar surface area (TPSA) is 35.5 Å². The molecule has 21 heavy (non-hydrogen) atoms. The van der Waals surface area contributed by atoms with E-state index >= 15 is 0 Å². The molecule has 1 saturated heterocycles. The first-order chi connectivity index (χ1) is 10.1. The Balaban J connectivity index is 2.25. The highest BCUT2D eigenvalue weighted by Crippen LogP contribution is 2.39. The van der Waals surface area contributed by atoms with Crippen molar-refractivity contribution in [3.05, 3.63) is 27.7 Å². The maximum atomic E-state index is 10.3. The molecule has 3 nitrogen and oxygen atoms in total. The molecule has 2 N–H and O–H groups in total. The molecule has 1 heterocycles. The van der Waals surface area contributed by atoms with Gasteiger partial charge in [0.1, 0.15) is 5.75 Å². The lowest BCUT2D eigenvalue weighted by Gasteiger charge is -2.36. The number of nitrogens with one attached hydrogen (secondary N) is 1. The molecule has 118 valence electrons. The van der Waals surface area contributed by atoms with Crippen molar-refractivity contribution in [1.82, 2.24) is 10.2 Å². The summed E-state index contributed by atoms with van der Waals surface area (Å²) in [6.45, 7) is 6.13. The number of unbranched alkanes of at least 4 members (excludes halogenated alkanes) is 2. The summed E-state index contributed by atoms with van der Waals surface area (Å²) < 4.78 is 0. The number of rotatable bonds is 6. The van der Waals surface area contributed by atoms with Crippen LogP contribution in [0.3, 0.4) is 0 Å². The Morgan fingerprint density at radius 1 is 1.24 bits per heavy atom. The third kappa shape index (κ3) is 4.49. The molecule has 5 heteroatoms. The fourth-order valence-electron chi connectivity index (χ4n) is 2.99. The van der Waals surface area contributed by atoms with Crippen LogP contribution in [0, 0.1) is 0 Å². The van der Waals surface area contributed by atoms with Gasteiger partial charge in [-0.25, -0.2) is 0 Å². The average molecular weight is 331 g/mol. The number of hydrogen-bond donors (Lipinski definition) is 2. The highest BCUT2D eigenvalue weighted by atomic mass is 35.5. The molecule has 1 aromatic rings. The molecule has 1 aromatic carbocycles. The van der Waals surface area contributed by atoms with Crippen LogP contribution in [0.25, 0.3) is 0 Å². The number of benzene rings is 1. The van der Waals surface area contributed by atoms with E-state index in [-0.39, 0.29) is 11.8 Å². The van der Waals surface area contributed by atoms with E-state index in [0.717, 1.165) is 44.6 Å². The van der Waals surface area contributed by atoms with Crippen LogP contribution in [0.1, 0.15) is 44.2 Å². The number of hydrogen-bond acceptors (Lipinski definition) is 3. The van der Waals surface area contributed by atoms with Gasteiger partial charge >= 0.3 is 0 Å². The Morgan fingerprint density at radius 2 is 1.95 bits per heavy atom.